The van der Waals surface area contributed by atoms with Crippen LogP contribution in [0.15, 0.2) is 42.7 Å². The summed E-state index contributed by atoms with van der Waals surface area (Å²) in [6.45, 7) is 8.22. The summed E-state index contributed by atoms with van der Waals surface area (Å²) in [5.74, 6) is 1.21. The monoisotopic (exact) mass is 376 g/mol. The first kappa shape index (κ1) is 19.4. The molecule has 1 amide bonds. The number of carbonyl (C=O) groups is 1. The summed E-state index contributed by atoms with van der Waals surface area (Å²) >= 11 is 0. The zero-order valence-electron chi connectivity index (χ0n) is 16.5. The fraction of sp³-hybridized carbons (Fsp3) is 0.286. The number of hydrogen-bond donors (Lipinski definition) is 2. The normalized spacial score (nSPS) is 10.8. The van der Waals surface area contributed by atoms with Gasteiger partial charge in [0.05, 0.1) is 12.2 Å². The van der Waals surface area contributed by atoms with Crippen LogP contribution in [0.1, 0.15) is 41.4 Å². The first-order valence-electron chi connectivity index (χ1n) is 9.19. The molecule has 0 aliphatic rings. The van der Waals surface area contributed by atoms with Gasteiger partial charge < -0.3 is 10.6 Å². The fourth-order valence-electron chi connectivity index (χ4n) is 2.82. The van der Waals surface area contributed by atoms with Gasteiger partial charge in [-0.25, -0.2) is 19.9 Å². The molecule has 0 atom stereocenters. The van der Waals surface area contributed by atoms with Gasteiger partial charge in [0.2, 0.25) is 0 Å². The lowest BCUT2D eigenvalue weighted by Crippen LogP contribution is -2.24. The molecule has 0 unspecified atom stereocenters. The first-order chi connectivity index (χ1) is 13.4. The van der Waals surface area contributed by atoms with Gasteiger partial charge in [-0.05, 0) is 45.9 Å². The molecule has 0 saturated heterocycles. The Morgan fingerprint density at radius 2 is 1.68 bits per heavy atom. The van der Waals surface area contributed by atoms with Gasteiger partial charge in [0.1, 0.15) is 18.0 Å². The van der Waals surface area contributed by atoms with Crippen LogP contribution >= 0.6 is 0 Å². The largest absolute Gasteiger partial charge is 0.368 e. The van der Waals surface area contributed by atoms with Crippen molar-refractivity contribution in [1.82, 2.24) is 25.3 Å². The fourth-order valence-corrected chi connectivity index (χ4v) is 2.82. The Kier molecular flexibility index (Phi) is 5.93. The highest BCUT2D eigenvalue weighted by atomic mass is 16.1. The van der Waals surface area contributed by atoms with E-state index in [1.165, 1.54) is 6.33 Å². The van der Waals surface area contributed by atoms with E-state index in [0.717, 1.165) is 28.5 Å². The van der Waals surface area contributed by atoms with Gasteiger partial charge in [-0.3, -0.25) is 4.79 Å². The third-order valence-corrected chi connectivity index (χ3v) is 3.98. The van der Waals surface area contributed by atoms with Gasteiger partial charge in [0.25, 0.3) is 5.91 Å². The second kappa shape index (κ2) is 8.56. The smallest absolute Gasteiger partial charge is 0.251 e. The van der Waals surface area contributed by atoms with Crippen molar-refractivity contribution in [2.75, 3.05) is 5.32 Å². The Labute approximate surface area is 164 Å². The SMILES string of the molecule is Cc1cc(C)nc(CNC(=O)c2ccc(-c3cc(NC(C)C)ncn3)cc2)n1. The maximum Gasteiger partial charge on any atom is 0.251 e. The van der Waals surface area contributed by atoms with Crippen molar-refractivity contribution in [3.8, 4) is 11.3 Å². The summed E-state index contributed by atoms with van der Waals surface area (Å²) in [6.07, 6.45) is 1.53. The molecule has 2 heterocycles. The van der Waals surface area contributed by atoms with Crippen LogP contribution in [0.3, 0.4) is 0 Å². The predicted octanol–water partition coefficient (Wildman–Crippen LogP) is 3.30. The molecule has 144 valence electrons. The van der Waals surface area contributed by atoms with E-state index >= 15 is 0 Å². The van der Waals surface area contributed by atoms with Crippen molar-refractivity contribution in [3.05, 3.63) is 65.5 Å². The van der Waals surface area contributed by atoms with Crippen molar-refractivity contribution in [2.45, 2.75) is 40.3 Å². The lowest BCUT2D eigenvalue weighted by Gasteiger charge is -2.10. The third kappa shape index (κ3) is 5.09. The minimum Gasteiger partial charge on any atom is -0.368 e. The number of aromatic nitrogens is 4. The van der Waals surface area contributed by atoms with Gasteiger partial charge in [0, 0.05) is 34.6 Å². The van der Waals surface area contributed by atoms with Crippen LogP contribution in [-0.4, -0.2) is 31.9 Å². The average Bonchev–Trinajstić information content (AvgIpc) is 2.65. The van der Waals surface area contributed by atoms with Gasteiger partial charge >= 0.3 is 0 Å². The molecule has 0 saturated carbocycles. The molecule has 3 aromatic rings. The molecule has 0 fully saturated rings. The van der Waals surface area contributed by atoms with Crippen LogP contribution in [0, 0.1) is 13.8 Å². The summed E-state index contributed by atoms with van der Waals surface area (Å²) in [5, 5.41) is 6.12. The molecule has 2 aromatic heterocycles. The summed E-state index contributed by atoms with van der Waals surface area (Å²) < 4.78 is 0. The standard InChI is InChI=1S/C21H24N6O/c1-13(2)25-19-10-18(23-12-24-19)16-5-7-17(8-6-16)21(28)22-11-20-26-14(3)9-15(4)27-20/h5-10,12-13H,11H2,1-4H3,(H,22,28)(H,23,24,25). The molecule has 0 aliphatic carbocycles. The van der Waals surface area contributed by atoms with Crippen LogP contribution in [0.2, 0.25) is 0 Å². The quantitative estimate of drug-likeness (QED) is 0.686. The number of aryl methyl sites for hydroxylation is 2. The van der Waals surface area contributed by atoms with Crippen LogP contribution in [0.5, 0.6) is 0 Å². The Balaban J connectivity index is 1.67. The van der Waals surface area contributed by atoms with Crippen molar-refractivity contribution in [2.24, 2.45) is 0 Å². The summed E-state index contributed by atoms with van der Waals surface area (Å²) in [4.78, 5) is 29.6. The molecular formula is C21H24N6O. The Morgan fingerprint density at radius 1 is 1.00 bits per heavy atom. The molecule has 3 rings (SSSR count). The number of nitrogens with zero attached hydrogens (tertiary/aromatic N) is 4. The molecule has 0 radical (unpaired) electrons. The molecule has 7 heteroatoms. The average molecular weight is 376 g/mol. The van der Waals surface area contributed by atoms with Crippen molar-refractivity contribution in [1.29, 1.82) is 0 Å². The number of hydrogen-bond acceptors (Lipinski definition) is 6. The molecular weight excluding hydrogens is 352 g/mol. The van der Waals surface area contributed by atoms with E-state index in [0.29, 0.717) is 17.9 Å². The maximum atomic E-state index is 12.4. The number of rotatable bonds is 6. The lowest BCUT2D eigenvalue weighted by molar-refractivity contribution is 0.0950. The minimum absolute atomic E-state index is 0.167. The molecule has 0 spiro atoms. The molecule has 0 aliphatic heterocycles. The van der Waals surface area contributed by atoms with Crippen molar-refractivity contribution in [3.63, 3.8) is 0 Å². The van der Waals surface area contributed by atoms with Crippen LogP contribution in [0.25, 0.3) is 11.3 Å². The molecule has 1 aromatic carbocycles. The highest BCUT2D eigenvalue weighted by Gasteiger charge is 2.09. The van der Waals surface area contributed by atoms with Crippen LogP contribution in [-0.2, 0) is 6.54 Å². The van der Waals surface area contributed by atoms with Crippen molar-refractivity contribution < 1.29 is 4.79 Å². The Morgan fingerprint density at radius 3 is 2.32 bits per heavy atom. The van der Waals surface area contributed by atoms with E-state index in [1.54, 1.807) is 12.1 Å². The zero-order valence-corrected chi connectivity index (χ0v) is 16.5. The second-order valence-corrected chi connectivity index (χ2v) is 6.91. The second-order valence-electron chi connectivity index (χ2n) is 6.91. The molecule has 28 heavy (non-hydrogen) atoms. The molecule has 2 N–H and O–H groups in total. The minimum atomic E-state index is -0.167. The van der Waals surface area contributed by atoms with Crippen molar-refractivity contribution >= 4 is 11.7 Å². The number of carbonyl (C=O) groups excluding carboxylic acids is 1. The van der Waals surface area contributed by atoms with Gasteiger partial charge in [0.15, 0.2) is 0 Å². The van der Waals surface area contributed by atoms with Gasteiger partial charge in [-0.2, -0.15) is 0 Å². The Bertz CT molecular complexity index is 949. The van der Waals surface area contributed by atoms with Gasteiger partial charge in [-0.1, -0.05) is 12.1 Å². The van der Waals surface area contributed by atoms with E-state index < -0.39 is 0 Å². The number of benzene rings is 1. The van der Waals surface area contributed by atoms with E-state index in [4.69, 9.17) is 0 Å². The van der Waals surface area contributed by atoms with E-state index in [-0.39, 0.29) is 11.9 Å². The van der Waals surface area contributed by atoms with E-state index in [9.17, 15) is 4.79 Å². The van der Waals surface area contributed by atoms with E-state index in [1.807, 2.05) is 38.1 Å². The number of nitrogens with one attached hydrogen (secondary N) is 2. The van der Waals surface area contributed by atoms with E-state index in [2.05, 4.69) is 44.4 Å². The summed E-state index contributed by atoms with van der Waals surface area (Å²) in [7, 11) is 0. The van der Waals surface area contributed by atoms with Crippen LogP contribution in [0.4, 0.5) is 5.82 Å². The zero-order chi connectivity index (χ0) is 20.1. The molecule has 7 nitrogen and oxygen atoms in total. The Hall–Kier alpha value is -3.35. The highest BCUT2D eigenvalue weighted by molar-refractivity contribution is 5.94. The summed E-state index contributed by atoms with van der Waals surface area (Å²) in [5.41, 5.74) is 4.06. The number of anilines is 1. The molecule has 0 bridgehead atoms. The number of amides is 1. The van der Waals surface area contributed by atoms with Gasteiger partial charge in [-0.15, -0.1) is 0 Å². The lowest BCUT2D eigenvalue weighted by atomic mass is 10.1. The van der Waals surface area contributed by atoms with Crippen LogP contribution < -0.4 is 10.6 Å². The summed E-state index contributed by atoms with van der Waals surface area (Å²) in [6, 6.07) is 11.4. The highest BCUT2D eigenvalue weighted by Crippen LogP contribution is 2.19. The third-order valence-electron chi connectivity index (χ3n) is 3.98. The predicted molar refractivity (Wildman–Crippen MR) is 109 cm³/mol. The topological polar surface area (TPSA) is 92.7 Å². The maximum absolute atomic E-state index is 12.4. The first-order valence-corrected chi connectivity index (χ1v) is 9.19.